The summed E-state index contributed by atoms with van der Waals surface area (Å²) in [6, 6.07) is 10.9. The molecule has 2 aromatic carbocycles. The number of oxazole rings is 1. The molecule has 1 aliphatic carbocycles. The molecule has 5 aromatic rings. The van der Waals surface area contributed by atoms with Crippen LogP contribution in [0.2, 0.25) is 0 Å². The molecule has 129 heavy (non-hydrogen) atoms. The number of nitrogen functional groups attached to an aromatic ring is 2. The number of amides is 2. The highest BCUT2D eigenvalue weighted by Crippen LogP contribution is 2.40. The summed E-state index contributed by atoms with van der Waals surface area (Å²) < 4.78 is 86.9. The number of nitrogens with two attached hydrogens (primary N) is 2. The van der Waals surface area contributed by atoms with Crippen molar-refractivity contribution in [2.45, 2.75) is 239 Å². The van der Waals surface area contributed by atoms with Crippen molar-refractivity contribution in [1.82, 2.24) is 34.5 Å². The molecule has 0 unspecified atom stereocenters. The van der Waals surface area contributed by atoms with E-state index in [0.717, 1.165) is 28.7 Å². The number of cyclic esters (lactones) is 1. The van der Waals surface area contributed by atoms with Crippen LogP contribution in [0.25, 0.3) is 33.4 Å². The minimum Gasteiger partial charge on any atom is -0.460 e. The van der Waals surface area contributed by atoms with Crippen LogP contribution in [0.5, 0.6) is 0 Å². The number of carbonyl (C=O) groups excluding carboxylic acids is 6. The van der Waals surface area contributed by atoms with E-state index in [2.05, 4.69) is 33.2 Å². The Kier molecular flexibility index (Phi) is 43.7. The van der Waals surface area contributed by atoms with E-state index in [4.69, 9.17) is 87.3 Å². The lowest BCUT2D eigenvalue weighted by Crippen LogP contribution is -2.61. The van der Waals surface area contributed by atoms with Crippen molar-refractivity contribution in [1.29, 1.82) is 0 Å². The second-order valence-corrected chi connectivity index (χ2v) is 34.5. The van der Waals surface area contributed by atoms with Gasteiger partial charge in [0.2, 0.25) is 11.7 Å². The van der Waals surface area contributed by atoms with Crippen LogP contribution < -0.4 is 11.5 Å². The number of allylic oxidation sites excluding steroid dienone is 5. The number of ketones is 2. The lowest BCUT2D eigenvalue weighted by Gasteiger charge is -2.43. The molecule has 33 heteroatoms. The van der Waals surface area contributed by atoms with Crippen LogP contribution in [0.4, 0.5) is 11.8 Å². The summed E-state index contributed by atoms with van der Waals surface area (Å²) in [5, 5.41) is 41.3. The Morgan fingerprint density at radius 2 is 1.37 bits per heavy atom. The van der Waals surface area contributed by atoms with Crippen molar-refractivity contribution in [3.05, 3.63) is 107 Å². The number of aromatic nitrogens is 5. The number of anilines is 2. The lowest BCUT2D eigenvalue weighted by molar-refractivity contribution is -0.265. The molecular weight excluding hydrogens is 1660 g/mol. The summed E-state index contributed by atoms with van der Waals surface area (Å²) in [6.45, 7) is 26.5. The Labute approximate surface area is 759 Å². The largest absolute Gasteiger partial charge is 0.460 e. The van der Waals surface area contributed by atoms with E-state index in [9.17, 15) is 44.1 Å². The smallest absolute Gasteiger partial charge is 0.329 e. The Morgan fingerprint density at radius 3 is 2.05 bits per heavy atom. The zero-order valence-electron chi connectivity index (χ0n) is 77.8. The number of benzene rings is 2. The normalized spacial score (nSPS) is 27.2. The Bertz CT molecular complexity index is 4460. The van der Waals surface area contributed by atoms with Crippen molar-refractivity contribution >= 4 is 69.3 Å². The lowest BCUT2D eigenvalue weighted by atomic mass is 9.78. The summed E-state index contributed by atoms with van der Waals surface area (Å²) in [6.07, 6.45) is 13.5. The molecule has 2 saturated heterocycles. The molecule has 2 amide bonds. The van der Waals surface area contributed by atoms with Crippen LogP contribution in [-0.2, 0) is 115 Å². The zero-order valence-corrected chi connectivity index (χ0v) is 77.8. The summed E-state index contributed by atoms with van der Waals surface area (Å²) in [5.74, 6) is -7.58. The fourth-order valence-corrected chi connectivity index (χ4v) is 17.4. The van der Waals surface area contributed by atoms with Crippen molar-refractivity contribution in [2.24, 2.45) is 35.5 Å². The van der Waals surface area contributed by atoms with Gasteiger partial charge in [0.1, 0.15) is 53.8 Å². The molecule has 33 nitrogen and oxygen atoms in total. The van der Waals surface area contributed by atoms with Gasteiger partial charge in [0.15, 0.2) is 17.0 Å². The van der Waals surface area contributed by atoms with Gasteiger partial charge in [0.25, 0.3) is 17.7 Å². The second kappa shape index (κ2) is 54.0. The SMILES string of the molecule is CCOCCOCCOCCC(=O)N1CCc2cc(Cn3nc(-c4ccc5oc(N)nc5c4)c4c(N)ncnc43)ccc2C1.CCOCCOCCOCCOCCOCCCC(=O)O[C@@H]1CC[C@@H](C[C@@H](C)[C@@H]2C[C@@H](O)[C@H](C)/C=C(\C)[C@@H](O)[C@@H](OC)C(=O)[C@H](C)C[C@H](C)/C=C/C=C/C=C(\C)[C@@H](OC)C[C@@H]3CC[C@@H](C)[C@@](O)(O3)C(=O)C(=O)N3CCCC[C@H]3C(=O)O2)C[C@H]1OC. The van der Waals surface area contributed by atoms with E-state index in [-0.39, 0.29) is 67.2 Å². The van der Waals surface area contributed by atoms with Crippen molar-refractivity contribution in [2.75, 3.05) is 152 Å². The molecule has 5 aliphatic rings. The molecule has 3 fully saturated rings. The molecule has 16 atom stereocenters. The monoisotopic (exact) mass is 1810 g/mol. The maximum absolute atomic E-state index is 14.7. The molecule has 716 valence electrons. The highest BCUT2D eigenvalue weighted by atomic mass is 16.6. The van der Waals surface area contributed by atoms with Crippen molar-refractivity contribution in [3.8, 4) is 11.3 Å². The number of fused-ring (bicyclic) bond motifs is 6. The van der Waals surface area contributed by atoms with E-state index in [1.54, 1.807) is 41.1 Å². The third-order valence-corrected chi connectivity index (χ3v) is 24.9. The quantitative estimate of drug-likeness (QED) is 0.0107. The molecule has 0 radical (unpaired) electrons. The first kappa shape index (κ1) is 104. The van der Waals surface area contributed by atoms with Gasteiger partial charge in [-0.25, -0.2) is 19.4 Å². The van der Waals surface area contributed by atoms with Gasteiger partial charge in [-0.3, -0.25) is 24.0 Å². The highest BCUT2D eigenvalue weighted by Gasteiger charge is 2.53. The number of piperidine rings is 1. The average Bonchev–Trinajstić information content (AvgIpc) is 1.70. The Balaban J connectivity index is 0.000000353. The number of aliphatic hydroxyl groups excluding tert-OH is 2. The third kappa shape index (κ3) is 31.4. The molecule has 2 bridgehead atoms. The number of esters is 2. The predicted molar refractivity (Wildman–Crippen MR) is 484 cm³/mol. The summed E-state index contributed by atoms with van der Waals surface area (Å²) >= 11 is 0. The number of Topliss-reactive ketones (excluding diaryl/α,β-unsaturated/α-hetero) is 2. The van der Waals surface area contributed by atoms with Gasteiger partial charge in [0.05, 0.1) is 129 Å². The van der Waals surface area contributed by atoms with Gasteiger partial charge in [-0.05, 0) is 169 Å². The Hall–Kier alpha value is -8.36. The highest BCUT2D eigenvalue weighted by molar-refractivity contribution is 6.39. The van der Waals surface area contributed by atoms with Crippen LogP contribution in [-0.4, -0.2) is 286 Å². The van der Waals surface area contributed by atoms with E-state index >= 15 is 0 Å². The number of rotatable bonds is 37. The van der Waals surface area contributed by atoms with E-state index in [1.807, 2.05) is 99.7 Å². The molecule has 0 spiro atoms. The third-order valence-electron chi connectivity index (χ3n) is 24.9. The van der Waals surface area contributed by atoms with Crippen LogP contribution >= 0.6 is 0 Å². The van der Waals surface area contributed by atoms with Crippen molar-refractivity contribution in [3.63, 3.8) is 0 Å². The first-order valence-corrected chi connectivity index (χ1v) is 46.2. The maximum Gasteiger partial charge on any atom is 0.329 e. The topological polar surface area (TPSA) is 420 Å². The molecule has 3 aromatic heterocycles. The average molecular weight is 1810 g/mol. The van der Waals surface area contributed by atoms with Gasteiger partial charge >= 0.3 is 11.9 Å². The van der Waals surface area contributed by atoms with Crippen LogP contribution in [0.3, 0.4) is 0 Å². The second-order valence-electron chi connectivity index (χ2n) is 34.5. The first-order chi connectivity index (χ1) is 62.2. The molecule has 4 aliphatic heterocycles. The van der Waals surface area contributed by atoms with E-state index in [1.165, 1.54) is 23.9 Å². The minimum atomic E-state index is -2.45. The number of methoxy groups -OCH3 is 3. The van der Waals surface area contributed by atoms with Gasteiger partial charge in [0, 0.05) is 103 Å². The van der Waals surface area contributed by atoms with Crippen LogP contribution in [0.15, 0.2) is 94.7 Å². The number of hydrogen-bond donors (Lipinski definition) is 5. The molecule has 7 N–H and O–H groups in total. The van der Waals surface area contributed by atoms with Gasteiger partial charge in [-0.15, -0.1) is 0 Å². The number of nitrogens with zero attached hydrogens (tertiary/aromatic N) is 7. The Morgan fingerprint density at radius 1 is 0.690 bits per heavy atom. The van der Waals surface area contributed by atoms with Gasteiger partial charge in [-0.2, -0.15) is 10.1 Å². The van der Waals surface area contributed by atoms with Crippen molar-refractivity contribution < 1.29 is 115 Å². The standard InChI is InChI=1S/C65H107NO19.C31H36N8O5/c1-12-78-29-30-80-33-34-82-36-35-81-32-31-79-28-18-22-58(68)83-54-26-24-50(40-57(54)76-10)39-46(5)56-42-53(67)45(4)38-48(7)60(70)61(77-11)59(69)47(6)37-43(2)19-14-13-15-20-44(3)55(75-9)41-51-25-23-49(8)65(74,85-51)62(71)63(72)66-27-17-16-21-52(66)64(73)84-56;1-2-41-11-12-43-14-13-42-10-8-26(40)38-9-7-21-15-20(3-4-23(21)18-38)17-39-30-27(29(32)34-19-35-30)28(37-39)22-5-6-25-24(16-22)36-31(33)44-25/h13-15,19-20,38,43,45-47,49-57,60-61,67,70,74H,12,16-18,21-37,39-42H2,1-11H3;3-6,15-16,19H,2,7-14,17-18H2,1H3,(H2,33,36)(H2,32,34,35)/b15-13+,19-14+,44-20+,48-38+;/t43-,45-,46-,47-,49-,50+,51+,52+,53-,54-,55+,56+,57-,60-,61+,65-;/m1./s1. The van der Waals surface area contributed by atoms with Gasteiger partial charge in [-0.1, -0.05) is 89.3 Å². The zero-order chi connectivity index (χ0) is 92.9. The van der Waals surface area contributed by atoms with E-state index < -0.39 is 96.1 Å². The van der Waals surface area contributed by atoms with Crippen LogP contribution in [0.1, 0.15) is 175 Å². The van der Waals surface area contributed by atoms with Crippen LogP contribution in [0, 0.1) is 35.5 Å². The predicted octanol–water partition coefficient (Wildman–Crippen LogP) is 10.6. The molecule has 7 heterocycles. The summed E-state index contributed by atoms with van der Waals surface area (Å²) in [5.41, 5.74) is 20.1. The number of carbonyl (C=O) groups is 6. The fourth-order valence-electron chi connectivity index (χ4n) is 17.4. The maximum atomic E-state index is 14.7. The minimum absolute atomic E-state index is 0.00819. The summed E-state index contributed by atoms with van der Waals surface area (Å²) in [7, 11) is 4.56. The molecule has 10 rings (SSSR count). The van der Waals surface area contributed by atoms with E-state index in [0.29, 0.717) is 242 Å². The number of hydrogen-bond acceptors (Lipinski definition) is 30. The number of aliphatic hydroxyl groups is 3. The fraction of sp³-hybridized carbons (Fsp3) is 0.667. The first-order valence-electron chi connectivity index (χ1n) is 46.2. The molecular formula is C96H143N9O24. The molecule has 1 saturated carbocycles. The van der Waals surface area contributed by atoms with Gasteiger partial charge < -0.3 is 107 Å². The number of ether oxygens (including phenoxy) is 14. The summed E-state index contributed by atoms with van der Waals surface area (Å²) in [4.78, 5) is 99.3.